The molecule has 1 aliphatic rings. The zero-order valence-corrected chi connectivity index (χ0v) is 16.1. The maximum Gasteiger partial charge on any atom is 0.346 e. The summed E-state index contributed by atoms with van der Waals surface area (Å²) in [6, 6.07) is 0.219. The van der Waals surface area contributed by atoms with Gasteiger partial charge in [-0.1, -0.05) is 20.8 Å². The average Bonchev–Trinajstić information content (AvgIpc) is 3.14. The van der Waals surface area contributed by atoms with Crippen LogP contribution in [0, 0.1) is 12.3 Å². The van der Waals surface area contributed by atoms with Crippen LogP contribution in [-0.4, -0.2) is 51.6 Å². The Morgan fingerprint density at radius 2 is 2.04 bits per heavy atom. The molecule has 0 radical (unpaired) electrons. The van der Waals surface area contributed by atoms with Crippen LogP contribution in [0.2, 0.25) is 0 Å². The Kier molecular flexibility index (Phi) is 4.97. The van der Waals surface area contributed by atoms with Crippen molar-refractivity contribution >= 4 is 33.3 Å². The molecule has 2 N–H and O–H groups in total. The van der Waals surface area contributed by atoms with Crippen molar-refractivity contribution in [3.05, 3.63) is 16.8 Å². The minimum absolute atomic E-state index is 0.0550. The number of likely N-dealkylation sites (tertiary alicyclic amines) is 1. The third-order valence-corrected chi connectivity index (χ3v) is 6.10. The first-order chi connectivity index (χ1) is 11.8. The largest absolute Gasteiger partial charge is 0.477 e. The molecule has 136 valence electrons. The average molecular weight is 362 g/mol. The molecule has 1 atom stereocenters. The third-order valence-electron chi connectivity index (χ3n) is 4.92. The van der Waals surface area contributed by atoms with Crippen LogP contribution in [0.15, 0.2) is 6.33 Å². The van der Waals surface area contributed by atoms with Crippen LogP contribution in [0.4, 0.5) is 5.82 Å². The summed E-state index contributed by atoms with van der Waals surface area (Å²) in [5.41, 5.74) is 0.795. The van der Waals surface area contributed by atoms with Crippen molar-refractivity contribution in [1.82, 2.24) is 14.9 Å². The topological polar surface area (TPSA) is 78.3 Å². The van der Waals surface area contributed by atoms with Gasteiger partial charge in [0.15, 0.2) is 0 Å². The molecule has 0 saturated carbocycles. The molecule has 2 aromatic heterocycles. The number of aromatic nitrogens is 2. The lowest BCUT2D eigenvalue weighted by molar-refractivity contribution is 0.0701. The van der Waals surface area contributed by atoms with Gasteiger partial charge in [-0.3, -0.25) is 0 Å². The van der Waals surface area contributed by atoms with Crippen molar-refractivity contribution in [2.75, 3.05) is 25.0 Å². The smallest absolute Gasteiger partial charge is 0.346 e. The van der Waals surface area contributed by atoms with Crippen molar-refractivity contribution in [1.29, 1.82) is 0 Å². The molecule has 1 saturated heterocycles. The van der Waals surface area contributed by atoms with Crippen LogP contribution in [0.5, 0.6) is 0 Å². The molecule has 0 amide bonds. The van der Waals surface area contributed by atoms with Crippen molar-refractivity contribution in [3.8, 4) is 0 Å². The fourth-order valence-corrected chi connectivity index (χ4v) is 4.30. The number of carboxylic acids is 1. The number of carboxylic acid groups (broad SMARTS) is 1. The number of carbonyl (C=O) groups is 1. The molecule has 1 fully saturated rings. The van der Waals surface area contributed by atoms with E-state index < -0.39 is 5.97 Å². The van der Waals surface area contributed by atoms with Crippen molar-refractivity contribution in [2.24, 2.45) is 5.41 Å². The minimum atomic E-state index is -0.907. The molecule has 0 bridgehead atoms. The number of thiophene rings is 1. The molecule has 3 rings (SSSR count). The lowest BCUT2D eigenvalue weighted by atomic mass is 9.86. The van der Waals surface area contributed by atoms with Crippen LogP contribution in [-0.2, 0) is 0 Å². The van der Waals surface area contributed by atoms with E-state index in [0.29, 0.717) is 4.88 Å². The van der Waals surface area contributed by atoms with E-state index in [4.69, 9.17) is 0 Å². The Labute approximate surface area is 152 Å². The maximum atomic E-state index is 11.4. The molecule has 0 unspecified atom stereocenters. The highest BCUT2D eigenvalue weighted by atomic mass is 32.1. The van der Waals surface area contributed by atoms with Gasteiger partial charge in [0.25, 0.3) is 0 Å². The normalized spacial score (nSPS) is 17.1. The number of aromatic carboxylic acids is 1. The monoisotopic (exact) mass is 362 g/mol. The predicted molar refractivity (Wildman–Crippen MR) is 102 cm³/mol. The highest BCUT2D eigenvalue weighted by molar-refractivity contribution is 7.20. The quantitative estimate of drug-likeness (QED) is 0.846. The van der Waals surface area contributed by atoms with Crippen molar-refractivity contribution < 1.29 is 9.90 Å². The Bertz CT molecular complexity index is 775. The summed E-state index contributed by atoms with van der Waals surface area (Å²) in [7, 11) is 0. The zero-order chi connectivity index (χ0) is 18.2. The van der Waals surface area contributed by atoms with Gasteiger partial charge in [-0.2, -0.15) is 0 Å². The van der Waals surface area contributed by atoms with E-state index in [2.05, 4.69) is 41.0 Å². The number of anilines is 1. The number of rotatable bonds is 5. The first-order valence-electron chi connectivity index (χ1n) is 8.73. The summed E-state index contributed by atoms with van der Waals surface area (Å²) in [5, 5.41) is 13.8. The SMILES string of the molecule is Cc1c(C(=O)O)sc2ncnc(N[C@H](CN3CCCC3)C(C)(C)C)c12. The van der Waals surface area contributed by atoms with Crippen LogP contribution < -0.4 is 5.32 Å². The van der Waals surface area contributed by atoms with E-state index in [1.165, 1.54) is 30.5 Å². The molecule has 0 spiro atoms. The molecule has 2 aromatic rings. The third kappa shape index (κ3) is 3.77. The minimum Gasteiger partial charge on any atom is -0.477 e. The number of fused-ring (bicyclic) bond motifs is 1. The lowest BCUT2D eigenvalue weighted by Gasteiger charge is -2.35. The Hall–Kier alpha value is -1.73. The molecule has 3 heterocycles. The summed E-state index contributed by atoms with van der Waals surface area (Å²) in [6.45, 7) is 11.8. The molecule has 6 nitrogen and oxygen atoms in total. The van der Waals surface area contributed by atoms with Gasteiger partial charge in [-0.05, 0) is 43.8 Å². The molecular formula is C18H26N4O2S. The fraction of sp³-hybridized carbons (Fsp3) is 0.611. The predicted octanol–water partition coefficient (Wildman–Crippen LogP) is 3.62. The van der Waals surface area contributed by atoms with Crippen molar-refractivity contribution in [2.45, 2.75) is 46.6 Å². The summed E-state index contributed by atoms with van der Waals surface area (Å²) in [5.74, 6) is -0.165. The highest BCUT2D eigenvalue weighted by Gasteiger charge is 2.29. The summed E-state index contributed by atoms with van der Waals surface area (Å²) in [6.07, 6.45) is 4.04. The molecule has 7 heteroatoms. The van der Waals surface area contributed by atoms with Crippen LogP contribution in [0.25, 0.3) is 10.2 Å². The second-order valence-corrected chi connectivity index (χ2v) is 8.83. The van der Waals surface area contributed by atoms with Gasteiger partial charge in [0, 0.05) is 12.6 Å². The number of hydrogen-bond donors (Lipinski definition) is 2. The van der Waals surface area contributed by atoms with Gasteiger partial charge in [0.05, 0.1) is 5.39 Å². The maximum absolute atomic E-state index is 11.4. The summed E-state index contributed by atoms with van der Waals surface area (Å²) >= 11 is 1.21. The Morgan fingerprint density at radius 3 is 2.64 bits per heavy atom. The van der Waals surface area contributed by atoms with Gasteiger partial charge in [-0.25, -0.2) is 14.8 Å². The Balaban J connectivity index is 1.95. The lowest BCUT2D eigenvalue weighted by Crippen LogP contribution is -2.43. The van der Waals surface area contributed by atoms with E-state index in [1.54, 1.807) is 0 Å². The van der Waals surface area contributed by atoms with E-state index in [9.17, 15) is 9.90 Å². The van der Waals surface area contributed by atoms with Crippen LogP contribution in [0.3, 0.4) is 0 Å². The van der Waals surface area contributed by atoms with E-state index >= 15 is 0 Å². The first kappa shape index (κ1) is 18.1. The van der Waals surface area contributed by atoms with Gasteiger partial charge in [-0.15, -0.1) is 11.3 Å². The second kappa shape index (κ2) is 6.88. The van der Waals surface area contributed by atoms with Gasteiger partial charge in [0.1, 0.15) is 21.9 Å². The summed E-state index contributed by atoms with van der Waals surface area (Å²) < 4.78 is 0. The van der Waals surface area contributed by atoms with Gasteiger partial charge < -0.3 is 15.3 Å². The number of nitrogens with one attached hydrogen (secondary N) is 1. The molecule has 0 aromatic carbocycles. The zero-order valence-electron chi connectivity index (χ0n) is 15.3. The Morgan fingerprint density at radius 1 is 1.36 bits per heavy atom. The highest BCUT2D eigenvalue weighted by Crippen LogP contribution is 2.35. The standard InChI is InChI=1S/C18H26N4O2S/c1-11-13-15(19-10-20-16(13)25-14(11)17(23)24)21-12(18(2,3)4)9-22-7-5-6-8-22/h10,12H,5-9H2,1-4H3,(H,23,24)(H,19,20,21)/t12-/m1/s1. The van der Waals surface area contributed by atoms with Gasteiger partial charge in [0.2, 0.25) is 0 Å². The molecule has 25 heavy (non-hydrogen) atoms. The van der Waals surface area contributed by atoms with Crippen LogP contribution >= 0.6 is 11.3 Å². The van der Waals surface area contributed by atoms with Gasteiger partial charge >= 0.3 is 5.97 Å². The summed E-state index contributed by atoms with van der Waals surface area (Å²) in [4.78, 5) is 23.7. The van der Waals surface area contributed by atoms with E-state index in [0.717, 1.165) is 41.2 Å². The number of hydrogen-bond acceptors (Lipinski definition) is 6. The molecule has 0 aliphatic carbocycles. The fourth-order valence-electron chi connectivity index (χ4n) is 3.31. The molecule has 1 aliphatic heterocycles. The van der Waals surface area contributed by atoms with Crippen molar-refractivity contribution in [3.63, 3.8) is 0 Å². The number of aryl methyl sites for hydroxylation is 1. The van der Waals surface area contributed by atoms with E-state index in [1.807, 2.05) is 6.92 Å². The second-order valence-electron chi connectivity index (χ2n) is 7.83. The first-order valence-corrected chi connectivity index (χ1v) is 9.55. The van der Waals surface area contributed by atoms with Crippen LogP contribution in [0.1, 0.15) is 48.8 Å². The van der Waals surface area contributed by atoms with E-state index in [-0.39, 0.29) is 11.5 Å². The number of nitrogens with zero attached hydrogens (tertiary/aromatic N) is 3. The molecular weight excluding hydrogens is 336 g/mol.